The first-order chi connectivity index (χ1) is 14.8. The lowest BCUT2D eigenvalue weighted by Gasteiger charge is -2.12. The zero-order valence-electron chi connectivity index (χ0n) is 17.5. The Morgan fingerprint density at radius 3 is 2.35 bits per heavy atom. The molecule has 0 bridgehead atoms. The third-order valence-corrected chi connectivity index (χ3v) is 4.51. The van der Waals surface area contributed by atoms with Gasteiger partial charge in [-0.05, 0) is 31.0 Å². The van der Waals surface area contributed by atoms with Gasteiger partial charge in [-0.3, -0.25) is 14.4 Å². The second-order valence-corrected chi connectivity index (χ2v) is 7.50. The number of nitrogens with zero attached hydrogens (tertiary/aromatic N) is 2. The maximum Gasteiger partial charge on any atom is 0.359 e. The van der Waals surface area contributed by atoms with E-state index in [1.54, 1.807) is 48.5 Å². The van der Waals surface area contributed by atoms with Gasteiger partial charge in [0.2, 0.25) is 0 Å². The summed E-state index contributed by atoms with van der Waals surface area (Å²) in [6, 6.07) is 13.2. The third-order valence-electron chi connectivity index (χ3n) is 4.51. The highest BCUT2D eigenvalue weighted by molar-refractivity contribution is 6.05. The monoisotopic (exact) mass is 421 g/mol. The molecule has 1 N–H and O–H groups in total. The molecule has 0 spiro atoms. The first kappa shape index (κ1) is 21.9. The zero-order chi connectivity index (χ0) is 22.5. The quantitative estimate of drug-likeness (QED) is 0.464. The molecule has 1 heterocycles. The molecule has 0 atom stereocenters. The van der Waals surface area contributed by atoms with Crippen LogP contribution in [0.1, 0.15) is 41.6 Å². The molecule has 31 heavy (non-hydrogen) atoms. The summed E-state index contributed by atoms with van der Waals surface area (Å²) in [5, 5.41) is 7.48. The Labute approximate surface area is 178 Å². The maximum atomic E-state index is 12.7. The third kappa shape index (κ3) is 5.03. The van der Waals surface area contributed by atoms with E-state index in [9.17, 15) is 19.2 Å². The van der Waals surface area contributed by atoms with Gasteiger partial charge >= 0.3 is 5.97 Å². The Morgan fingerprint density at radius 2 is 1.68 bits per heavy atom. The number of hydrogen-bond donors (Lipinski definition) is 1. The zero-order valence-corrected chi connectivity index (χ0v) is 17.5. The predicted molar refractivity (Wildman–Crippen MR) is 116 cm³/mol. The molecule has 0 saturated heterocycles. The number of Topliss-reactive ketones (excluding diaryl/α,β-unsaturated/α-hetero) is 1. The summed E-state index contributed by atoms with van der Waals surface area (Å²) in [4.78, 5) is 49.3. The number of esters is 1. The van der Waals surface area contributed by atoms with Crippen LogP contribution in [0, 0.1) is 5.92 Å². The molecule has 2 aromatic carbocycles. The van der Waals surface area contributed by atoms with E-state index < -0.39 is 18.5 Å². The molecular weight excluding hydrogens is 398 g/mol. The fourth-order valence-electron chi connectivity index (χ4n) is 3.14. The van der Waals surface area contributed by atoms with E-state index in [1.807, 2.05) is 13.8 Å². The second-order valence-electron chi connectivity index (χ2n) is 7.50. The highest BCUT2D eigenvalue weighted by atomic mass is 16.5. The number of benzene rings is 2. The van der Waals surface area contributed by atoms with Crippen molar-refractivity contribution in [2.45, 2.75) is 27.3 Å². The number of ketones is 1. The van der Waals surface area contributed by atoms with Gasteiger partial charge in [-0.2, -0.15) is 5.10 Å². The summed E-state index contributed by atoms with van der Waals surface area (Å²) in [6.07, 6.45) is 0. The van der Waals surface area contributed by atoms with Crippen LogP contribution in [-0.4, -0.2) is 34.0 Å². The van der Waals surface area contributed by atoms with Crippen LogP contribution < -0.4 is 10.9 Å². The highest BCUT2D eigenvalue weighted by Crippen LogP contribution is 2.17. The van der Waals surface area contributed by atoms with Gasteiger partial charge in [-0.15, -0.1) is 0 Å². The van der Waals surface area contributed by atoms with E-state index in [-0.39, 0.29) is 23.0 Å². The molecule has 0 saturated carbocycles. The van der Waals surface area contributed by atoms with Crippen LogP contribution in [0.2, 0.25) is 0 Å². The smallest absolute Gasteiger partial charge is 0.359 e. The molecule has 3 aromatic rings. The molecule has 8 nitrogen and oxygen atoms in total. The molecular formula is C23H23N3O5. The van der Waals surface area contributed by atoms with E-state index in [2.05, 4.69) is 10.4 Å². The Hall–Kier alpha value is -3.81. The molecule has 1 amide bonds. The lowest BCUT2D eigenvalue weighted by Crippen LogP contribution is -2.29. The van der Waals surface area contributed by atoms with Crippen molar-refractivity contribution in [2.75, 3.05) is 11.9 Å². The number of para-hydroxylation sites is 1. The van der Waals surface area contributed by atoms with Crippen LogP contribution in [0.15, 0.2) is 53.3 Å². The number of amides is 1. The molecule has 0 unspecified atom stereocenters. The summed E-state index contributed by atoms with van der Waals surface area (Å²) >= 11 is 0. The minimum absolute atomic E-state index is 0.0345. The van der Waals surface area contributed by atoms with Crippen molar-refractivity contribution in [2.24, 2.45) is 5.92 Å². The molecule has 0 fully saturated rings. The molecule has 160 valence electrons. The summed E-state index contributed by atoms with van der Waals surface area (Å²) < 4.78 is 6.40. The Balaban J connectivity index is 1.81. The number of fused-ring (bicyclic) bond motifs is 1. The Kier molecular flexibility index (Phi) is 6.59. The van der Waals surface area contributed by atoms with E-state index in [0.717, 1.165) is 0 Å². The first-order valence-electron chi connectivity index (χ1n) is 9.84. The molecule has 0 aliphatic carbocycles. The lowest BCUT2D eigenvalue weighted by molar-refractivity contribution is -0.119. The highest BCUT2D eigenvalue weighted by Gasteiger charge is 2.20. The minimum atomic E-state index is -0.816. The number of rotatable bonds is 7. The Morgan fingerprint density at radius 1 is 1.03 bits per heavy atom. The molecule has 0 radical (unpaired) electrons. The van der Waals surface area contributed by atoms with Gasteiger partial charge in [-0.25, -0.2) is 9.48 Å². The van der Waals surface area contributed by atoms with E-state index >= 15 is 0 Å². The standard InChI is InChI=1S/C23H23N3O5/c1-14(2)12-26-22(29)18-10-5-4-9-17(18)21(25-26)23(30)31-13-20(28)24-19-11-7-6-8-16(19)15(3)27/h4-11,14H,12-13H2,1-3H3,(H,24,28). The van der Waals surface area contributed by atoms with Crippen molar-refractivity contribution in [3.8, 4) is 0 Å². The normalized spacial score (nSPS) is 10.8. The van der Waals surface area contributed by atoms with Crippen LogP contribution in [0.4, 0.5) is 5.69 Å². The maximum absolute atomic E-state index is 12.7. The topological polar surface area (TPSA) is 107 Å². The lowest BCUT2D eigenvalue weighted by atomic mass is 10.1. The van der Waals surface area contributed by atoms with E-state index in [1.165, 1.54) is 11.6 Å². The average molecular weight is 421 g/mol. The van der Waals surface area contributed by atoms with Gasteiger partial charge in [0.05, 0.1) is 11.1 Å². The predicted octanol–water partition coefficient (Wildman–Crippen LogP) is 3.05. The fourth-order valence-corrected chi connectivity index (χ4v) is 3.14. The molecule has 8 heteroatoms. The van der Waals surface area contributed by atoms with Gasteiger partial charge in [0.25, 0.3) is 11.5 Å². The van der Waals surface area contributed by atoms with Gasteiger partial charge in [0, 0.05) is 17.5 Å². The molecule has 0 aliphatic heterocycles. The van der Waals surface area contributed by atoms with Gasteiger partial charge in [0.15, 0.2) is 18.1 Å². The Bertz CT molecular complexity index is 1210. The van der Waals surface area contributed by atoms with Crippen molar-refractivity contribution < 1.29 is 19.1 Å². The number of nitrogens with one attached hydrogen (secondary N) is 1. The minimum Gasteiger partial charge on any atom is -0.451 e. The van der Waals surface area contributed by atoms with Gasteiger partial charge in [-0.1, -0.05) is 44.2 Å². The first-order valence-corrected chi connectivity index (χ1v) is 9.84. The number of aromatic nitrogens is 2. The van der Waals surface area contributed by atoms with Crippen LogP contribution >= 0.6 is 0 Å². The van der Waals surface area contributed by atoms with Crippen LogP contribution in [-0.2, 0) is 16.1 Å². The molecule has 1 aromatic heterocycles. The van der Waals surface area contributed by atoms with E-state index in [0.29, 0.717) is 28.6 Å². The van der Waals surface area contributed by atoms with Crippen molar-refractivity contribution in [1.29, 1.82) is 0 Å². The average Bonchev–Trinajstić information content (AvgIpc) is 2.74. The summed E-state index contributed by atoms with van der Waals surface area (Å²) in [5.74, 6) is -1.47. The number of ether oxygens (including phenoxy) is 1. The SMILES string of the molecule is CC(=O)c1ccccc1NC(=O)COC(=O)c1nn(CC(C)C)c(=O)c2ccccc12. The molecule has 3 rings (SSSR count). The fraction of sp³-hybridized carbons (Fsp3) is 0.261. The van der Waals surface area contributed by atoms with Gasteiger partial charge < -0.3 is 10.1 Å². The summed E-state index contributed by atoms with van der Waals surface area (Å²) in [7, 11) is 0. The van der Waals surface area contributed by atoms with Crippen LogP contribution in [0.3, 0.4) is 0 Å². The number of carbonyl (C=O) groups is 3. The largest absolute Gasteiger partial charge is 0.451 e. The summed E-state index contributed by atoms with van der Waals surface area (Å²) in [5.41, 5.74) is 0.368. The molecule has 0 aliphatic rings. The number of anilines is 1. The van der Waals surface area contributed by atoms with Crippen molar-refractivity contribution in [1.82, 2.24) is 9.78 Å². The van der Waals surface area contributed by atoms with E-state index in [4.69, 9.17) is 4.74 Å². The van der Waals surface area contributed by atoms with Gasteiger partial charge in [0.1, 0.15) is 0 Å². The van der Waals surface area contributed by atoms with Crippen molar-refractivity contribution in [3.63, 3.8) is 0 Å². The van der Waals surface area contributed by atoms with Crippen LogP contribution in [0.25, 0.3) is 10.8 Å². The van der Waals surface area contributed by atoms with Crippen LogP contribution in [0.5, 0.6) is 0 Å². The summed E-state index contributed by atoms with van der Waals surface area (Å²) in [6.45, 7) is 5.04. The van der Waals surface area contributed by atoms with Crippen molar-refractivity contribution in [3.05, 3.63) is 70.1 Å². The second kappa shape index (κ2) is 9.34. The number of carbonyl (C=O) groups excluding carboxylic acids is 3. The van der Waals surface area contributed by atoms with Crippen molar-refractivity contribution >= 4 is 34.1 Å². The number of hydrogen-bond acceptors (Lipinski definition) is 6.